The molecule has 0 bridgehead atoms. The van der Waals surface area contributed by atoms with Crippen LogP contribution in [0.1, 0.15) is 32.1 Å². The molecule has 0 aromatic rings. The van der Waals surface area contributed by atoms with Crippen LogP contribution in [0, 0.1) is 11.8 Å². The molecule has 1 aliphatic carbocycles. The summed E-state index contributed by atoms with van der Waals surface area (Å²) in [6.45, 7) is 2.18. The molecule has 2 N–H and O–H groups in total. The minimum atomic E-state index is 0.757. The fourth-order valence-corrected chi connectivity index (χ4v) is 4.59. The maximum atomic E-state index is 5.91. The lowest BCUT2D eigenvalue weighted by Gasteiger charge is -2.38. The summed E-state index contributed by atoms with van der Waals surface area (Å²) in [5, 5.41) is 0. The van der Waals surface area contributed by atoms with Gasteiger partial charge in [0.25, 0.3) is 0 Å². The lowest BCUT2D eigenvalue weighted by Crippen LogP contribution is -2.44. The van der Waals surface area contributed by atoms with Crippen LogP contribution in [0.25, 0.3) is 0 Å². The monoisotopic (exact) mass is 242 g/mol. The van der Waals surface area contributed by atoms with Crippen LogP contribution in [0.5, 0.6) is 0 Å². The summed E-state index contributed by atoms with van der Waals surface area (Å²) in [4.78, 5) is 2.62. The third-order valence-corrected chi connectivity index (χ3v) is 5.54. The van der Waals surface area contributed by atoms with Crippen LogP contribution in [0.15, 0.2) is 0 Å². The zero-order valence-electron chi connectivity index (χ0n) is 10.5. The molecule has 0 aromatic carbocycles. The third-order valence-electron chi connectivity index (χ3n) is 4.31. The average molecular weight is 242 g/mol. The predicted octanol–water partition coefficient (Wildman–Crippen LogP) is 2.19. The molecule has 0 amide bonds. The van der Waals surface area contributed by atoms with Crippen molar-refractivity contribution in [2.45, 2.75) is 38.1 Å². The van der Waals surface area contributed by atoms with Crippen molar-refractivity contribution >= 4 is 11.8 Å². The molecule has 16 heavy (non-hydrogen) atoms. The normalized spacial score (nSPS) is 35.8. The van der Waals surface area contributed by atoms with E-state index in [1.54, 1.807) is 0 Å². The van der Waals surface area contributed by atoms with Crippen molar-refractivity contribution in [1.82, 2.24) is 4.90 Å². The quantitative estimate of drug-likeness (QED) is 0.819. The van der Waals surface area contributed by atoms with E-state index in [4.69, 9.17) is 5.73 Å². The van der Waals surface area contributed by atoms with Gasteiger partial charge in [-0.05, 0) is 56.2 Å². The lowest BCUT2D eigenvalue weighted by molar-refractivity contribution is 0.120. The Kier molecular flexibility index (Phi) is 4.98. The van der Waals surface area contributed by atoms with Gasteiger partial charge in [-0.25, -0.2) is 0 Å². The van der Waals surface area contributed by atoms with Crippen LogP contribution in [0.3, 0.4) is 0 Å². The number of hydrogen-bond donors (Lipinski definition) is 1. The Hall–Kier alpha value is 0.270. The van der Waals surface area contributed by atoms with Gasteiger partial charge >= 0.3 is 0 Å². The van der Waals surface area contributed by atoms with Gasteiger partial charge in [-0.15, -0.1) is 0 Å². The topological polar surface area (TPSA) is 29.3 Å². The highest BCUT2D eigenvalue weighted by Crippen LogP contribution is 2.30. The molecule has 3 atom stereocenters. The van der Waals surface area contributed by atoms with Crippen molar-refractivity contribution in [1.29, 1.82) is 0 Å². The van der Waals surface area contributed by atoms with E-state index >= 15 is 0 Å². The van der Waals surface area contributed by atoms with Gasteiger partial charge in [0.1, 0.15) is 0 Å². The molecule has 94 valence electrons. The average Bonchev–Trinajstić information content (AvgIpc) is 2.81. The van der Waals surface area contributed by atoms with Gasteiger partial charge in [0.2, 0.25) is 0 Å². The third kappa shape index (κ3) is 3.14. The summed E-state index contributed by atoms with van der Waals surface area (Å²) in [6, 6.07) is 0.768. The number of nitrogens with zero attached hydrogens (tertiary/aromatic N) is 1. The minimum Gasteiger partial charge on any atom is -0.330 e. The van der Waals surface area contributed by atoms with Crippen molar-refractivity contribution in [3.63, 3.8) is 0 Å². The zero-order chi connectivity index (χ0) is 11.4. The predicted molar refractivity (Wildman–Crippen MR) is 72.9 cm³/mol. The number of thioether (sulfide) groups is 1. The molecular formula is C13H26N2S. The van der Waals surface area contributed by atoms with Crippen molar-refractivity contribution in [2.75, 3.05) is 31.6 Å². The summed E-state index contributed by atoms with van der Waals surface area (Å²) >= 11 is 2.13. The standard InChI is InChI=1S/C13H26N2S/c1-15(9-11-6-7-16-10-11)13-5-3-2-4-12(13)8-14/h11-13H,2-10,14H2,1H3. The first kappa shape index (κ1) is 12.7. The summed E-state index contributed by atoms with van der Waals surface area (Å²) < 4.78 is 0. The highest BCUT2D eigenvalue weighted by molar-refractivity contribution is 7.99. The molecule has 2 fully saturated rings. The Morgan fingerprint density at radius 1 is 1.25 bits per heavy atom. The van der Waals surface area contributed by atoms with Crippen molar-refractivity contribution in [3.8, 4) is 0 Å². The maximum Gasteiger partial charge on any atom is 0.0133 e. The first-order valence-corrected chi connectivity index (χ1v) is 7.94. The summed E-state index contributed by atoms with van der Waals surface area (Å²) in [5.41, 5.74) is 5.91. The summed E-state index contributed by atoms with van der Waals surface area (Å²) in [6.07, 6.45) is 6.95. The highest BCUT2D eigenvalue weighted by atomic mass is 32.2. The maximum absolute atomic E-state index is 5.91. The van der Waals surface area contributed by atoms with Crippen molar-refractivity contribution in [2.24, 2.45) is 17.6 Å². The van der Waals surface area contributed by atoms with Crippen LogP contribution in [-0.2, 0) is 0 Å². The van der Waals surface area contributed by atoms with Gasteiger partial charge in [0, 0.05) is 12.6 Å². The molecule has 0 aromatic heterocycles. The fraction of sp³-hybridized carbons (Fsp3) is 1.00. The van der Waals surface area contributed by atoms with Gasteiger partial charge in [-0.1, -0.05) is 12.8 Å². The summed E-state index contributed by atoms with van der Waals surface area (Å²) in [5.74, 6) is 4.46. The molecule has 2 aliphatic rings. The lowest BCUT2D eigenvalue weighted by atomic mass is 9.83. The van der Waals surface area contributed by atoms with E-state index in [0.29, 0.717) is 0 Å². The second-order valence-electron chi connectivity index (χ2n) is 5.52. The highest BCUT2D eigenvalue weighted by Gasteiger charge is 2.29. The molecule has 3 heteroatoms. The van der Waals surface area contributed by atoms with E-state index in [1.165, 1.54) is 50.2 Å². The largest absolute Gasteiger partial charge is 0.330 e. The first-order valence-electron chi connectivity index (χ1n) is 6.79. The van der Waals surface area contributed by atoms with Gasteiger partial charge in [0.05, 0.1) is 0 Å². The van der Waals surface area contributed by atoms with Crippen LogP contribution < -0.4 is 5.73 Å². The smallest absolute Gasteiger partial charge is 0.0133 e. The second-order valence-corrected chi connectivity index (χ2v) is 6.67. The first-order chi connectivity index (χ1) is 7.81. The summed E-state index contributed by atoms with van der Waals surface area (Å²) in [7, 11) is 2.32. The molecule has 1 saturated heterocycles. The van der Waals surface area contributed by atoms with Crippen molar-refractivity contribution < 1.29 is 0 Å². The Morgan fingerprint density at radius 2 is 2.06 bits per heavy atom. The molecule has 3 unspecified atom stereocenters. The van der Waals surface area contributed by atoms with Crippen LogP contribution in [-0.4, -0.2) is 42.6 Å². The Balaban J connectivity index is 1.83. The fourth-order valence-electron chi connectivity index (χ4n) is 3.31. The van der Waals surface area contributed by atoms with Crippen LogP contribution in [0.2, 0.25) is 0 Å². The van der Waals surface area contributed by atoms with E-state index < -0.39 is 0 Å². The van der Waals surface area contributed by atoms with Crippen LogP contribution >= 0.6 is 11.8 Å². The second kappa shape index (κ2) is 6.27. The number of nitrogens with two attached hydrogens (primary N) is 1. The molecule has 2 nitrogen and oxygen atoms in total. The Labute approximate surface area is 104 Å². The zero-order valence-corrected chi connectivity index (χ0v) is 11.3. The van der Waals surface area contributed by atoms with E-state index in [2.05, 4.69) is 23.7 Å². The molecule has 0 spiro atoms. The minimum absolute atomic E-state index is 0.757. The SMILES string of the molecule is CN(CC1CCSC1)C1CCCCC1CN. The Morgan fingerprint density at radius 3 is 2.75 bits per heavy atom. The van der Waals surface area contributed by atoms with Gasteiger partial charge in [0.15, 0.2) is 0 Å². The molecule has 1 heterocycles. The van der Waals surface area contributed by atoms with Crippen LogP contribution in [0.4, 0.5) is 0 Å². The van der Waals surface area contributed by atoms with E-state index in [1.807, 2.05) is 0 Å². The van der Waals surface area contributed by atoms with E-state index in [-0.39, 0.29) is 0 Å². The number of rotatable bonds is 4. The van der Waals surface area contributed by atoms with E-state index in [9.17, 15) is 0 Å². The van der Waals surface area contributed by atoms with Gasteiger partial charge in [-0.3, -0.25) is 0 Å². The molecule has 2 rings (SSSR count). The molecule has 1 aliphatic heterocycles. The van der Waals surface area contributed by atoms with E-state index in [0.717, 1.165) is 24.4 Å². The number of hydrogen-bond acceptors (Lipinski definition) is 3. The molecule has 0 radical (unpaired) electrons. The Bertz CT molecular complexity index is 204. The molecule has 1 saturated carbocycles. The van der Waals surface area contributed by atoms with Crippen molar-refractivity contribution in [3.05, 3.63) is 0 Å². The van der Waals surface area contributed by atoms with Gasteiger partial charge < -0.3 is 10.6 Å². The van der Waals surface area contributed by atoms with Gasteiger partial charge in [-0.2, -0.15) is 11.8 Å². The molecular weight excluding hydrogens is 216 g/mol.